The van der Waals surface area contributed by atoms with Crippen molar-refractivity contribution in [3.63, 3.8) is 0 Å². The molecule has 38 heavy (non-hydrogen) atoms. The quantitative estimate of drug-likeness (QED) is 0.466. The highest BCUT2D eigenvalue weighted by molar-refractivity contribution is 6.14. The molecule has 3 aromatic heterocycles. The molecule has 0 radical (unpaired) electrons. The predicted octanol–water partition coefficient (Wildman–Crippen LogP) is 2.62. The SMILES string of the molecule is COC(=O)c1ccc2oc(C(=O)Nc3ccncc3)c(NC(=O)[C@H]3CC[C@H](N4CCOCC4=O)CC3)c2n1. The lowest BCUT2D eigenvalue weighted by Gasteiger charge is -2.38. The molecule has 3 aromatic rings. The number of fused-ring (bicyclic) bond motifs is 1. The molecule has 4 heterocycles. The number of aromatic nitrogens is 2. The number of pyridine rings is 2. The summed E-state index contributed by atoms with van der Waals surface area (Å²) in [4.78, 5) is 60.9. The zero-order valence-corrected chi connectivity index (χ0v) is 20.8. The molecule has 12 heteroatoms. The van der Waals surface area contributed by atoms with Crippen LogP contribution in [0.1, 0.15) is 46.7 Å². The maximum Gasteiger partial charge on any atom is 0.356 e. The van der Waals surface area contributed by atoms with Gasteiger partial charge < -0.3 is 29.4 Å². The van der Waals surface area contributed by atoms with Gasteiger partial charge in [0.25, 0.3) is 5.91 Å². The number of carbonyl (C=O) groups is 4. The lowest BCUT2D eigenvalue weighted by atomic mass is 9.84. The molecule has 2 fully saturated rings. The van der Waals surface area contributed by atoms with Crippen molar-refractivity contribution in [2.75, 3.05) is 37.5 Å². The molecule has 1 aliphatic carbocycles. The van der Waals surface area contributed by atoms with Gasteiger partial charge in [0.1, 0.15) is 23.5 Å². The third-order valence-corrected chi connectivity index (χ3v) is 6.85. The maximum atomic E-state index is 13.4. The number of nitrogens with one attached hydrogen (secondary N) is 2. The molecule has 2 aliphatic rings. The van der Waals surface area contributed by atoms with Crippen molar-refractivity contribution in [3.05, 3.63) is 48.1 Å². The molecule has 1 saturated heterocycles. The monoisotopic (exact) mass is 521 g/mol. The Morgan fingerprint density at radius 3 is 2.53 bits per heavy atom. The minimum Gasteiger partial charge on any atom is -0.464 e. The minimum absolute atomic E-state index is 0.00748. The van der Waals surface area contributed by atoms with Crippen LogP contribution in [0.5, 0.6) is 0 Å². The Labute approximate surface area is 217 Å². The van der Waals surface area contributed by atoms with Crippen molar-refractivity contribution in [2.24, 2.45) is 5.92 Å². The third-order valence-electron chi connectivity index (χ3n) is 6.85. The van der Waals surface area contributed by atoms with Crippen LogP contribution >= 0.6 is 0 Å². The van der Waals surface area contributed by atoms with E-state index in [4.69, 9.17) is 13.9 Å². The fraction of sp³-hybridized carbons (Fsp3) is 0.385. The van der Waals surface area contributed by atoms with E-state index in [1.807, 2.05) is 4.90 Å². The Bertz CT molecular complexity index is 1370. The summed E-state index contributed by atoms with van der Waals surface area (Å²) in [6, 6.07) is 6.23. The summed E-state index contributed by atoms with van der Waals surface area (Å²) >= 11 is 0. The Morgan fingerprint density at radius 2 is 1.82 bits per heavy atom. The number of hydrogen-bond acceptors (Lipinski definition) is 9. The molecule has 12 nitrogen and oxygen atoms in total. The van der Waals surface area contributed by atoms with Gasteiger partial charge in [-0.15, -0.1) is 0 Å². The van der Waals surface area contributed by atoms with Crippen LogP contribution in [0.25, 0.3) is 11.1 Å². The van der Waals surface area contributed by atoms with Crippen molar-refractivity contribution in [3.8, 4) is 0 Å². The van der Waals surface area contributed by atoms with Crippen molar-refractivity contribution in [2.45, 2.75) is 31.7 Å². The number of rotatable bonds is 6. The van der Waals surface area contributed by atoms with Crippen molar-refractivity contribution in [1.29, 1.82) is 0 Å². The lowest BCUT2D eigenvalue weighted by Crippen LogP contribution is -2.49. The second-order valence-corrected chi connectivity index (χ2v) is 9.17. The number of anilines is 2. The number of nitrogens with zero attached hydrogens (tertiary/aromatic N) is 3. The molecule has 0 atom stereocenters. The molecular weight excluding hydrogens is 494 g/mol. The first-order valence-corrected chi connectivity index (χ1v) is 12.4. The molecule has 3 amide bonds. The van der Waals surface area contributed by atoms with Gasteiger partial charge in [-0.3, -0.25) is 19.4 Å². The van der Waals surface area contributed by atoms with Crippen LogP contribution in [0.3, 0.4) is 0 Å². The van der Waals surface area contributed by atoms with Gasteiger partial charge in [-0.05, 0) is 49.9 Å². The number of ether oxygens (including phenoxy) is 2. The zero-order chi connectivity index (χ0) is 26.6. The molecule has 0 spiro atoms. The van der Waals surface area contributed by atoms with Crippen molar-refractivity contribution >= 4 is 46.2 Å². The second kappa shape index (κ2) is 11.0. The summed E-state index contributed by atoms with van der Waals surface area (Å²) in [6.45, 7) is 1.18. The molecule has 0 bridgehead atoms. The van der Waals surface area contributed by atoms with Gasteiger partial charge >= 0.3 is 5.97 Å². The Balaban J connectivity index is 1.38. The molecule has 2 N–H and O–H groups in total. The highest BCUT2D eigenvalue weighted by atomic mass is 16.5. The van der Waals surface area contributed by atoms with Crippen LogP contribution in [-0.2, 0) is 19.1 Å². The maximum absolute atomic E-state index is 13.4. The fourth-order valence-electron chi connectivity index (χ4n) is 4.88. The van der Waals surface area contributed by atoms with Gasteiger partial charge in [-0.2, -0.15) is 0 Å². The average Bonchev–Trinajstić information content (AvgIpc) is 3.31. The second-order valence-electron chi connectivity index (χ2n) is 9.17. The van der Waals surface area contributed by atoms with E-state index < -0.39 is 11.9 Å². The molecular formula is C26H27N5O7. The van der Waals surface area contributed by atoms with E-state index in [1.54, 1.807) is 12.1 Å². The Morgan fingerprint density at radius 1 is 1.05 bits per heavy atom. The molecule has 1 aliphatic heterocycles. The van der Waals surface area contributed by atoms with Gasteiger partial charge in [0, 0.05) is 36.6 Å². The number of morpholine rings is 1. The molecule has 5 rings (SSSR count). The molecule has 0 aromatic carbocycles. The zero-order valence-electron chi connectivity index (χ0n) is 20.8. The van der Waals surface area contributed by atoms with E-state index in [0.29, 0.717) is 44.5 Å². The van der Waals surface area contributed by atoms with E-state index in [2.05, 4.69) is 20.6 Å². The number of carbonyl (C=O) groups excluding carboxylic acids is 4. The van der Waals surface area contributed by atoms with Crippen LogP contribution in [0, 0.1) is 5.92 Å². The van der Waals surface area contributed by atoms with Gasteiger partial charge in [-0.25, -0.2) is 9.78 Å². The number of methoxy groups -OCH3 is 1. The van der Waals surface area contributed by atoms with Crippen molar-refractivity contribution < 1.29 is 33.1 Å². The van der Waals surface area contributed by atoms with E-state index in [1.165, 1.54) is 31.6 Å². The number of furan rings is 1. The third kappa shape index (κ3) is 5.21. The Kier molecular flexibility index (Phi) is 7.31. The highest BCUT2D eigenvalue weighted by Crippen LogP contribution is 2.34. The van der Waals surface area contributed by atoms with Gasteiger partial charge in [-0.1, -0.05) is 0 Å². The lowest BCUT2D eigenvalue weighted by molar-refractivity contribution is -0.146. The fourth-order valence-corrected chi connectivity index (χ4v) is 4.88. The normalized spacial score (nSPS) is 19.7. The van der Waals surface area contributed by atoms with Crippen LogP contribution in [0.15, 0.2) is 41.1 Å². The largest absolute Gasteiger partial charge is 0.464 e. The van der Waals surface area contributed by atoms with Crippen LogP contribution in [0.4, 0.5) is 11.4 Å². The van der Waals surface area contributed by atoms with Gasteiger partial charge in [0.05, 0.1) is 13.7 Å². The summed E-state index contributed by atoms with van der Waals surface area (Å²) in [5.74, 6) is -2.05. The average molecular weight is 522 g/mol. The standard InChI is InChI=1S/C26H27N5O7/c1-36-26(35)18-6-7-19-21(29-18)22(23(38-19)25(34)28-16-8-10-27-11-9-16)30-24(33)15-2-4-17(5-3-15)31-12-13-37-14-20(31)32/h6-11,15,17H,2-5,12-14H2,1H3,(H,30,33)(H,27,28,34)/t15-,17-. The number of amides is 3. The molecule has 0 unspecified atom stereocenters. The number of hydrogen-bond donors (Lipinski definition) is 2. The first-order chi connectivity index (χ1) is 18.4. The first kappa shape index (κ1) is 25.3. The first-order valence-electron chi connectivity index (χ1n) is 12.4. The van der Waals surface area contributed by atoms with Crippen LogP contribution in [0.2, 0.25) is 0 Å². The van der Waals surface area contributed by atoms with Crippen LogP contribution in [-0.4, -0.2) is 71.5 Å². The molecule has 1 saturated carbocycles. The topological polar surface area (TPSA) is 153 Å². The summed E-state index contributed by atoms with van der Waals surface area (Å²) in [5.41, 5.74) is 0.957. The highest BCUT2D eigenvalue weighted by Gasteiger charge is 2.34. The van der Waals surface area contributed by atoms with E-state index in [9.17, 15) is 19.2 Å². The minimum atomic E-state index is -0.663. The summed E-state index contributed by atoms with van der Waals surface area (Å²) < 4.78 is 15.8. The van der Waals surface area contributed by atoms with E-state index in [-0.39, 0.29) is 58.6 Å². The van der Waals surface area contributed by atoms with Crippen molar-refractivity contribution in [1.82, 2.24) is 14.9 Å². The molecule has 198 valence electrons. The predicted molar refractivity (Wildman–Crippen MR) is 134 cm³/mol. The van der Waals surface area contributed by atoms with Gasteiger partial charge in [0.15, 0.2) is 5.58 Å². The van der Waals surface area contributed by atoms with E-state index >= 15 is 0 Å². The number of esters is 1. The summed E-state index contributed by atoms with van der Waals surface area (Å²) in [5, 5.41) is 5.55. The van der Waals surface area contributed by atoms with Crippen LogP contribution < -0.4 is 10.6 Å². The smallest absolute Gasteiger partial charge is 0.356 e. The Hall–Kier alpha value is -4.32. The van der Waals surface area contributed by atoms with E-state index in [0.717, 1.165) is 0 Å². The van der Waals surface area contributed by atoms with Gasteiger partial charge in [0.2, 0.25) is 17.6 Å². The summed E-state index contributed by atoms with van der Waals surface area (Å²) in [6.07, 6.45) is 5.60. The summed E-state index contributed by atoms with van der Waals surface area (Å²) in [7, 11) is 1.24.